The standard InChI is InChI=1S/C17H19N9O4S3.C2H4O2/c18-7-2-8-21-33(29,30)12-6-5-9(10-3-1-4-11-14(10)22-17(19)31-11)13(15(12)32(20,27)28)16-23-25-26-24-16;1-2(3)4/h1,3-6,21H,2,7-8,18H2,(H2,19,22)(H2,20,27,28)(H,23,24,25,26);1H3,(H,3,4)/p-1. The van der Waals surface area contributed by atoms with Crippen molar-refractivity contribution in [2.75, 3.05) is 18.8 Å². The first-order valence-electron chi connectivity index (χ1n) is 10.3. The lowest BCUT2D eigenvalue weighted by molar-refractivity contribution is -0.302. The number of carboxylic acid groups (broad SMARTS) is 1. The second kappa shape index (κ2) is 11.2. The fourth-order valence-corrected chi connectivity index (χ4v) is 6.78. The van der Waals surface area contributed by atoms with Crippen LogP contribution < -0.4 is 26.4 Å². The number of aliphatic carboxylic acids is 1. The van der Waals surface area contributed by atoms with E-state index < -0.39 is 35.8 Å². The number of hydrogen-bond acceptors (Lipinski definition) is 13. The number of anilines is 1. The average Bonchev–Trinajstić information content (AvgIpc) is 3.46. The van der Waals surface area contributed by atoms with E-state index in [0.29, 0.717) is 22.6 Å². The van der Waals surface area contributed by atoms with Crippen LogP contribution in [0.4, 0.5) is 5.13 Å². The molecule has 2 aromatic heterocycles. The van der Waals surface area contributed by atoms with Crippen molar-refractivity contribution in [1.82, 2.24) is 30.3 Å². The van der Waals surface area contributed by atoms with Gasteiger partial charge in [-0.1, -0.05) is 29.5 Å². The molecule has 4 aromatic rings. The van der Waals surface area contributed by atoms with Gasteiger partial charge < -0.3 is 21.4 Å². The van der Waals surface area contributed by atoms with Crippen LogP contribution in [0.15, 0.2) is 40.1 Å². The zero-order valence-corrected chi connectivity index (χ0v) is 21.7. The molecule has 0 saturated carbocycles. The largest absolute Gasteiger partial charge is 0.550 e. The van der Waals surface area contributed by atoms with E-state index in [1.807, 2.05) is 6.07 Å². The predicted molar refractivity (Wildman–Crippen MR) is 134 cm³/mol. The summed E-state index contributed by atoms with van der Waals surface area (Å²) in [4.78, 5) is 12.0. The monoisotopic (exact) mass is 568 g/mol. The highest BCUT2D eigenvalue weighted by Gasteiger charge is 2.32. The summed E-state index contributed by atoms with van der Waals surface area (Å²) < 4.78 is 54.6. The Morgan fingerprint density at radius 2 is 1.86 bits per heavy atom. The summed E-state index contributed by atoms with van der Waals surface area (Å²) in [6.07, 6.45) is 0.354. The van der Waals surface area contributed by atoms with Gasteiger partial charge in [-0.15, -0.1) is 10.2 Å². The molecule has 0 fully saturated rings. The maximum absolute atomic E-state index is 13.0. The summed E-state index contributed by atoms with van der Waals surface area (Å²) in [5, 5.41) is 28.2. The number of H-pyrrole nitrogens is 1. The number of aromatic nitrogens is 5. The van der Waals surface area contributed by atoms with Crippen LogP contribution in [0.25, 0.3) is 32.7 Å². The van der Waals surface area contributed by atoms with Crippen LogP contribution in [0.5, 0.6) is 0 Å². The lowest BCUT2D eigenvalue weighted by Gasteiger charge is -2.16. The number of benzene rings is 2. The maximum Gasteiger partial charge on any atom is 0.241 e. The highest BCUT2D eigenvalue weighted by Crippen LogP contribution is 2.41. The van der Waals surface area contributed by atoms with Crippen LogP contribution >= 0.6 is 11.3 Å². The molecule has 0 aliphatic rings. The van der Waals surface area contributed by atoms with Crippen molar-refractivity contribution in [2.24, 2.45) is 10.9 Å². The summed E-state index contributed by atoms with van der Waals surface area (Å²) in [6, 6.07) is 7.85. The van der Waals surface area contributed by atoms with Gasteiger partial charge in [-0.05, 0) is 42.8 Å². The minimum atomic E-state index is -4.59. The highest BCUT2D eigenvalue weighted by atomic mass is 32.2. The number of carboxylic acids is 1. The third kappa shape index (κ3) is 6.42. The lowest BCUT2D eigenvalue weighted by Crippen LogP contribution is -2.29. The number of fused-ring (bicyclic) bond motifs is 1. The molecule has 0 amide bonds. The molecule has 0 aliphatic heterocycles. The fraction of sp³-hybridized carbons (Fsp3) is 0.211. The molecule has 2 heterocycles. The maximum atomic E-state index is 13.0. The first kappa shape index (κ1) is 28.0. The number of primary sulfonamides is 1. The van der Waals surface area contributed by atoms with Gasteiger partial charge in [0.2, 0.25) is 25.9 Å². The number of carbonyl (C=O) groups excluding carboxylic acids is 1. The number of rotatable bonds is 8. The Morgan fingerprint density at radius 1 is 1.16 bits per heavy atom. The normalized spacial score (nSPS) is 11.8. The molecule has 18 heteroatoms. The predicted octanol–water partition coefficient (Wildman–Crippen LogP) is -1.24. The quantitative estimate of drug-likeness (QED) is 0.156. The van der Waals surface area contributed by atoms with Gasteiger partial charge in [-0.3, -0.25) is 0 Å². The average molecular weight is 569 g/mol. The number of thiazole rings is 1. The summed E-state index contributed by atoms with van der Waals surface area (Å²) in [5.41, 5.74) is 12.4. The molecule has 0 atom stereocenters. The molecular weight excluding hydrogens is 546 g/mol. The number of nitrogens with one attached hydrogen (secondary N) is 2. The highest BCUT2D eigenvalue weighted by molar-refractivity contribution is 7.92. The number of tetrazole rings is 1. The van der Waals surface area contributed by atoms with Gasteiger partial charge in [0.05, 0.1) is 15.8 Å². The number of sulfonamides is 2. The summed E-state index contributed by atoms with van der Waals surface area (Å²) >= 11 is 1.25. The SMILES string of the molecule is CC(=O)[O-].NCCCNS(=O)(=O)c1ccc(-c2cccc3sc(N)nc23)c(-c2nn[nH]n2)c1S(N)(=O)=O. The van der Waals surface area contributed by atoms with Crippen LogP contribution in [0.2, 0.25) is 0 Å². The van der Waals surface area contributed by atoms with E-state index in [4.69, 9.17) is 26.5 Å². The molecule has 15 nitrogen and oxygen atoms in total. The number of aromatic amines is 1. The molecule has 198 valence electrons. The fourth-order valence-electron chi connectivity index (χ4n) is 3.34. The van der Waals surface area contributed by atoms with Crippen LogP contribution in [0.1, 0.15) is 13.3 Å². The van der Waals surface area contributed by atoms with Crippen molar-refractivity contribution >= 4 is 52.7 Å². The second-order valence-corrected chi connectivity index (χ2v) is 11.6. The van der Waals surface area contributed by atoms with Crippen molar-refractivity contribution < 1.29 is 26.7 Å². The zero-order valence-electron chi connectivity index (χ0n) is 19.2. The van der Waals surface area contributed by atoms with Crippen molar-refractivity contribution in [3.05, 3.63) is 30.3 Å². The van der Waals surface area contributed by atoms with Crippen molar-refractivity contribution in [2.45, 2.75) is 23.1 Å². The van der Waals surface area contributed by atoms with Crippen molar-refractivity contribution in [1.29, 1.82) is 0 Å². The number of hydrogen-bond donors (Lipinski definition) is 5. The second-order valence-electron chi connectivity index (χ2n) is 7.33. The smallest absolute Gasteiger partial charge is 0.241 e. The third-order valence-electron chi connectivity index (χ3n) is 4.66. The molecule has 37 heavy (non-hydrogen) atoms. The van der Waals surface area contributed by atoms with Crippen molar-refractivity contribution in [3.63, 3.8) is 0 Å². The van der Waals surface area contributed by atoms with E-state index >= 15 is 0 Å². The van der Waals surface area contributed by atoms with Gasteiger partial charge in [-0.2, -0.15) is 5.21 Å². The minimum absolute atomic E-state index is 0.0135. The Kier molecular flexibility index (Phi) is 8.51. The zero-order chi connectivity index (χ0) is 27.4. The third-order valence-corrected chi connectivity index (χ3v) is 8.14. The van der Waals surface area contributed by atoms with Crippen LogP contribution in [0.3, 0.4) is 0 Å². The van der Waals surface area contributed by atoms with Crippen LogP contribution in [0, 0.1) is 0 Å². The van der Waals surface area contributed by atoms with Gasteiger partial charge >= 0.3 is 0 Å². The van der Waals surface area contributed by atoms with E-state index in [-0.39, 0.29) is 30.0 Å². The molecule has 2 aromatic carbocycles. The van der Waals surface area contributed by atoms with Crippen molar-refractivity contribution in [3.8, 4) is 22.5 Å². The number of carbonyl (C=O) groups is 1. The molecule has 0 radical (unpaired) electrons. The molecule has 0 saturated heterocycles. The minimum Gasteiger partial charge on any atom is -0.550 e. The Hall–Kier alpha value is -3.55. The topological polar surface area (TPSA) is 266 Å². The molecule has 0 unspecified atom stereocenters. The molecule has 0 aliphatic carbocycles. The first-order valence-corrected chi connectivity index (χ1v) is 14.2. The molecule has 0 spiro atoms. The Balaban J connectivity index is 0.000000886. The van der Waals surface area contributed by atoms with Crippen LogP contribution in [-0.4, -0.2) is 61.5 Å². The van der Waals surface area contributed by atoms with Gasteiger partial charge in [0, 0.05) is 18.1 Å². The first-order chi connectivity index (χ1) is 17.4. The van der Waals surface area contributed by atoms with E-state index in [1.165, 1.54) is 17.4 Å². The van der Waals surface area contributed by atoms with Gasteiger partial charge in [0.25, 0.3) is 0 Å². The molecular formula is C19H22N9O6S3-. The van der Waals surface area contributed by atoms with Gasteiger partial charge in [0.1, 0.15) is 9.79 Å². The van der Waals surface area contributed by atoms with E-state index in [0.717, 1.165) is 17.7 Å². The van der Waals surface area contributed by atoms with E-state index in [9.17, 15) is 16.8 Å². The molecule has 4 rings (SSSR count). The summed E-state index contributed by atoms with van der Waals surface area (Å²) in [5.74, 6) is -1.24. The molecule has 0 bridgehead atoms. The number of nitrogens with zero attached hydrogens (tertiary/aromatic N) is 4. The van der Waals surface area contributed by atoms with E-state index in [2.05, 4.69) is 30.3 Å². The summed E-state index contributed by atoms with van der Waals surface area (Å²) in [7, 11) is -8.87. The van der Waals surface area contributed by atoms with Crippen LogP contribution in [-0.2, 0) is 24.8 Å². The lowest BCUT2D eigenvalue weighted by atomic mass is 9.98. The number of nitrogen functional groups attached to an aromatic ring is 1. The Morgan fingerprint density at radius 3 is 2.46 bits per heavy atom. The molecule has 8 N–H and O–H groups in total. The number of para-hydroxylation sites is 1. The Labute approximate surface area is 215 Å². The van der Waals surface area contributed by atoms with E-state index in [1.54, 1.807) is 12.1 Å². The Bertz CT molecular complexity index is 1630. The summed E-state index contributed by atoms with van der Waals surface area (Å²) in [6.45, 7) is 1.23. The van der Waals surface area contributed by atoms with Gasteiger partial charge in [0.15, 0.2) is 5.13 Å². The number of nitrogens with two attached hydrogens (primary N) is 3. The van der Waals surface area contributed by atoms with Gasteiger partial charge in [-0.25, -0.2) is 31.7 Å².